The van der Waals surface area contributed by atoms with Crippen molar-refractivity contribution in [2.75, 3.05) is 0 Å². The first-order chi connectivity index (χ1) is 7.95. The molecule has 1 atom stereocenters. The summed E-state index contributed by atoms with van der Waals surface area (Å²) in [5.41, 5.74) is 0.140. The maximum Gasteiger partial charge on any atom is 0.326 e. The highest BCUT2D eigenvalue weighted by Crippen LogP contribution is 2.18. The number of carbonyl (C=O) groups is 2. The van der Waals surface area contributed by atoms with Crippen molar-refractivity contribution in [3.63, 3.8) is 0 Å². The van der Waals surface area contributed by atoms with Crippen LogP contribution in [-0.4, -0.2) is 28.0 Å². The number of hydrogen-bond acceptors (Lipinski definition) is 3. The summed E-state index contributed by atoms with van der Waals surface area (Å²) in [4.78, 5) is 26.3. The van der Waals surface area contributed by atoms with E-state index in [1.54, 1.807) is 6.92 Å². The molecule has 0 saturated heterocycles. The van der Waals surface area contributed by atoms with Gasteiger partial charge in [0.25, 0.3) is 5.91 Å². The van der Waals surface area contributed by atoms with Crippen LogP contribution in [0.1, 0.15) is 23.7 Å². The Labute approximate surface area is 111 Å². The summed E-state index contributed by atoms with van der Waals surface area (Å²) < 4.78 is 0.593. The number of aromatic nitrogens is 1. The van der Waals surface area contributed by atoms with Crippen LogP contribution in [0, 0.1) is 0 Å². The van der Waals surface area contributed by atoms with Gasteiger partial charge in [0.1, 0.15) is 11.2 Å². The highest BCUT2D eigenvalue weighted by atomic mass is 79.9. The lowest BCUT2D eigenvalue weighted by Crippen LogP contribution is -2.40. The number of aliphatic carboxylic acids is 1. The lowest BCUT2D eigenvalue weighted by atomic mass is 10.2. The normalized spacial score (nSPS) is 11.9. The van der Waals surface area contributed by atoms with Crippen molar-refractivity contribution in [3.05, 3.63) is 27.5 Å². The average molecular weight is 322 g/mol. The number of carboxylic acid groups (broad SMARTS) is 1. The third kappa shape index (κ3) is 3.67. The molecule has 7 heteroatoms. The van der Waals surface area contributed by atoms with E-state index in [1.165, 1.54) is 12.3 Å². The molecule has 0 aliphatic carbocycles. The van der Waals surface area contributed by atoms with E-state index in [0.717, 1.165) is 0 Å². The number of pyridine rings is 1. The highest BCUT2D eigenvalue weighted by molar-refractivity contribution is 9.10. The Kier molecular flexibility index (Phi) is 4.89. The van der Waals surface area contributed by atoms with Gasteiger partial charge >= 0.3 is 5.97 Å². The van der Waals surface area contributed by atoms with Crippen LogP contribution >= 0.6 is 27.5 Å². The van der Waals surface area contributed by atoms with Crippen molar-refractivity contribution < 1.29 is 14.7 Å². The number of halogens is 2. The summed E-state index contributed by atoms with van der Waals surface area (Å²) in [5.74, 6) is -1.64. The van der Waals surface area contributed by atoms with Crippen molar-refractivity contribution in [2.24, 2.45) is 0 Å². The number of carboxylic acids is 1. The van der Waals surface area contributed by atoms with Crippen molar-refractivity contribution in [2.45, 2.75) is 19.4 Å². The van der Waals surface area contributed by atoms with Gasteiger partial charge in [0.05, 0.1) is 5.56 Å². The Bertz CT molecular complexity index is 453. The molecule has 1 amide bonds. The fourth-order valence-electron chi connectivity index (χ4n) is 1.16. The fourth-order valence-corrected chi connectivity index (χ4v) is 1.68. The van der Waals surface area contributed by atoms with E-state index in [0.29, 0.717) is 10.9 Å². The second-order valence-electron chi connectivity index (χ2n) is 3.26. The highest BCUT2D eigenvalue weighted by Gasteiger charge is 2.20. The van der Waals surface area contributed by atoms with Crippen molar-refractivity contribution >= 4 is 39.4 Å². The molecule has 0 unspecified atom stereocenters. The number of hydrogen-bond donors (Lipinski definition) is 2. The summed E-state index contributed by atoms with van der Waals surface area (Å²) in [6.45, 7) is 1.67. The van der Waals surface area contributed by atoms with Gasteiger partial charge < -0.3 is 10.4 Å². The quantitative estimate of drug-likeness (QED) is 0.832. The predicted octanol–water partition coefficient (Wildman–Crippen LogP) is 2.09. The maximum absolute atomic E-state index is 11.8. The predicted molar refractivity (Wildman–Crippen MR) is 66.1 cm³/mol. The zero-order chi connectivity index (χ0) is 13.0. The van der Waals surface area contributed by atoms with E-state index >= 15 is 0 Å². The van der Waals surface area contributed by atoms with E-state index in [2.05, 4.69) is 26.2 Å². The van der Waals surface area contributed by atoms with Crippen LogP contribution in [0.2, 0.25) is 5.15 Å². The van der Waals surface area contributed by atoms with Crippen molar-refractivity contribution in [3.8, 4) is 0 Å². The van der Waals surface area contributed by atoms with Gasteiger partial charge in [-0.3, -0.25) is 4.79 Å². The maximum atomic E-state index is 11.8. The lowest BCUT2D eigenvalue weighted by Gasteiger charge is -2.12. The third-order valence-electron chi connectivity index (χ3n) is 2.06. The number of nitrogens with zero attached hydrogens (tertiary/aromatic N) is 1. The van der Waals surface area contributed by atoms with Gasteiger partial charge in [-0.1, -0.05) is 18.5 Å². The minimum Gasteiger partial charge on any atom is -0.480 e. The molecule has 1 aromatic heterocycles. The monoisotopic (exact) mass is 320 g/mol. The Morgan fingerprint density at radius 3 is 2.82 bits per heavy atom. The Balaban J connectivity index is 2.89. The fraction of sp³-hybridized carbons (Fsp3) is 0.300. The first kappa shape index (κ1) is 13.9. The van der Waals surface area contributed by atoms with Crippen molar-refractivity contribution in [1.82, 2.24) is 10.3 Å². The summed E-state index contributed by atoms with van der Waals surface area (Å²) >= 11 is 8.92. The molecule has 0 bridgehead atoms. The van der Waals surface area contributed by atoms with Gasteiger partial charge in [-0.05, 0) is 28.4 Å². The number of amides is 1. The summed E-state index contributed by atoms with van der Waals surface area (Å²) in [7, 11) is 0. The molecule has 0 aliphatic heterocycles. The molecule has 1 aromatic rings. The smallest absolute Gasteiger partial charge is 0.326 e. The third-order valence-corrected chi connectivity index (χ3v) is 2.80. The van der Waals surface area contributed by atoms with E-state index in [-0.39, 0.29) is 10.7 Å². The summed E-state index contributed by atoms with van der Waals surface area (Å²) in [6.07, 6.45) is 1.74. The molecule has 17 heavy (non-hydrogen) atoms. The zero-order valence-corrected chi connectivity index (χ0v) is 11.2. The number of nitrogens with one attached hydrogen (secondary N) is 1. The van der Waals surface area contributed by atoms with E-state index in [1.807, 2.05) is 0 Å². The van der Waals surface area contributed by atoms with Crippen LogP contribution in [0.4, 0.5) is 0 Å². The van der Waals surface area contributed by atoms with Gasteiger partial charge in [-0.15, -0.1) is 0 Å². The van der Waals surface area contributed by atoms with Crippen LogP contribution in [0.5, 0.6) is 0 Å². The largest absolute Gasteiger partial charge is 0.480 e. The summed E-state index contributed by atoms with van der Waals surface area (Å²) in [5, 5.41) is 11.2. The van der Waals surface area contributed by atoms with E-state index in [9.17, 15) is 9.59 Å². The van der Waals surface area contributed by atoms with Crippen LogP contribution in [0.15, 0.2) is 16.7 Å². The van der Waals surface area contributed by atoms with E-state index < -0.39 is 17.9 Å². The number of carbonyl (C=O) groups excluding carboxylic acids is 1. The molecule has 0 spiro atoms. The van der Waals surface area contributed by atoms with Gasteiger partial charge in [-0.25, -0.2) is 9.78 Å². The molecular weight excluding hydrogens is 311 g/mol. The van der Waals surface area contributed by atoms with Crippen LogP contribution in [0.3, 0.4) is 0 Å². The molecule has 1 heterocycles. The first-order valence-electron chi connectivity index (χ1n) is 4.80. The van der Waals surface area contributed by atoms with Gasteiger partial charge in [-0.2, -0.15) is 0 Å². The molecule has 2 N–H and O–H groups in total. The molecule has 5 nitrogen and oxygen atoms in total. The van der Waals surface area contributed by atoms with Crippen molar-refractivity contribution in [1.29, 1.82) is 0 Å². The Morgan fingerprint density at radius 1 is 1.65 bits per heavy atom. The molecule has 1 rings (SSSR count). The molecule has 0 saturated carbocycles. The molecular formula is C10H10BrClN2O3. The zero-order valence-electron chi connectivity index (χ0n) is 8.91. The SMILES string of the molecule is CC[C@@H](NC(=O)c1cc(Br)cnc1Cl)C(=O)O. The topological polar surface area (TPSA) is 79.3 Å². The second kappa shape index (κ2) is 5.97. The number of rotatable bonds is 4. The second-order valence-corrected chi connectivity index (χ2v) is 4.54. The molecule has 92 valence electrons. The lowest BCUT2D eigenvalue weighted by molar-refractivity contribution is -0.139. The van der Waals surface area contributed by atoms with Crippen LogP contribution in [-0.2, 0) is 4.79 Å². The van der Waals surface area contributed by atoms with Gasteiger partial charge in [0.15, 0.2) is 0 Å². The first-order valence-corrected chi connectivity index (χ1v) is 5.97. The summed E-state index contributed by atoms with van der Waals surface area (Å²) in [6, 6.07) is 0.553. The average Bonchev–Trinajstić information content (AvgIpc) is 2.28. The minimum absolute atomic E-state index is 0.0333. The Morgan fingerprint density at radius 2 is 2.29 bits per heavy atom. The van der Waals surface area contributed by atoms with Crippen LogP contribution < -0.4 is 5.32 Å². The molecule has 0 radical (unpaired) electrons. The Hall–Kier alpha value is -1.14. The molecule has 0 aliphatic rings. The van der Waals surface area contributed by atoms with E-state index in [4.69, 9.17) is 16.7 Å². The molecule has 0 fully saturated rings. The standard InChI is InChI=1S/C10H10BrClN2O3/c1-2-7(10(16)17)14-9(15)6-3-5(11)4-13-8(6)12/h3-4,7H,2H2,1H3,(H,14,15)(H,16,17)/t7-/m1/s1. The van der Waals surface area contributed by atoms with Gasteiger partial charge in [0.2, 0.25) is 0 Å². The molecule has 0 aromatic carbocycles. The van der Waals surface area contributed by atoms with Gasteiger partial charge in [0, 0.05) is 10.7 Å². The minimum atomic E-state index is -1.08. The van der Waals surface area contributed by atoms with Crippen LogP contribution in [0.25, 0.3) is 0 Å².